The Morgan fingerprint density at radius 3 is 2.72 bits per heavy atom. The number of aromatic nitrogens is 2. The summed E-state index contributed by atoms with van der Waals surface area (Å²) in [5, 5.41) is 13.0. The fourth-order valence-corrected chi connectivity index (χ4v) is 4.33. The van der Waals surface area contributed by atoms with Crippen LogP contribution in [0.5, 0.6) is 0 Å². The number of rotatable bonds is 3. The average Bonchev–Trinajstić information content (AvgIpc) is 2.58. The average molecular weight is 381 g/mol. The molecule has 0 aliphatic carbocycles. The van der Waals surface area contributed by atoms with Gasteiger partial charge in [-0.15, -0.1) is 0 Å². The molecule has 1 aromatic heterocycles. The summed E-state index contributed by atoms with van der Waals surface area (Å²) in [6.07, 6.45) is 2.54. The summed E-state index contributed by atoms with van der Waals surface area (Å²) in [5.41, 5.74) is -0.322. The Hall–Kier alpha value is -2.65. The van der Waals surface area contributed by atoms with Crippen LogP contribution in [0.1, 0.15) is 12.5 Å². The number of hydrogen-bond acceptors (Lipinski definition) is 6. The molecule has 0 spiro atoms. The Balaban J connectivity index is 2.11. The van der Waals surface area contributed by atoms with E-state index < -0.39 is 21.7 Å². The van der Waals surface area contributed by atoms with Gasteiger partial charge in [-0.2, -0.15) is 0 Å². The summed E-state index contributed by atoms with van der Waals surface area (Å²) < 4.78 is 26.4. The molecule has 1 amide bonds. The van der Waals surface area contributed by atoms with E-state index in [1.807, 2.05) is 0 Å². The fourth-order valence-electron chi connectivity index (χ4n) is 2.50. The second kappa shape index (κ2) is 6.34. The Morgan fingerprint density at radius 2 is 2.04 bits per heavy atom. The Labute approximate surface area is 148 Å². The van der Waals surface area contributed by atoms with Crippen molar-refractivity contribution >= 4 is 39.1 Å². The molecule has 0 unspecified atom stereocenters. The third-order valence-electron chi connectivity index (χ3n) is 3.53. The van der Waals surface area contributed by atoms with E-state index in [-0.39, 0.29) is 33.7 Å². The summed E-state index contributed by atoms with van der Waals surface area (Å²) in [6.45, 7) is 1.52. The molecule has 0 saturated carbocycles. The highest BCUT2D eigenvalue weighted by molar-refractivity contribution is 7.89. The normalized spacial score (nSPS) is 15.7. The number of nitrogens with one attached hydrogen (secondary N) is 1. The molecule has 130 valence electrons. The lowest BCUT2D eigenvalue weighted by Crippen LogP contribution is -2.39. The van der Waals surface area contributed by atoms with E-state index in [2.05, 4.69) is 15.3 Å². The molecule has 0 saturated heterocycles. The number of anilines is 1. The van der Waals surface area contributed by atoms with Gasteiger partial charge in [-0.1, -0.05) is 23.7 Å². The first-order valence-electron chi connectivity index (χ1n) is 7.20. The molecule has 2 heterocycles. The topological polar surface area (TPSA) is 112 Å². The van der Waals surface area contributed by atoms with Gasteiger partial charge in [-0.25, -0.2) is 13.4 Å². The first-order chi connectivity index (χ1) is 11.9. The van der Waals surface area contributed by atoms with Crippen LogP contribution >= 0.6 is 11.6 Å². The molecule has 0 bridgehead atoms. The van der Waals surface area contributed by atoms with Gasteiger partial charge < -0.3 is 10.4 Å². The van der Waals surface area contributed by atoms with Crippen molar-refractivity contribution in [3.05, 3.63) is 53.1 Å². The number of aliphatic hydroxyl groups excluding tert-OH is 1. The fraction of sp³-hybridized carbons (Fsp3) is 0.133. The predicted octanol–water partition coefficient (Wildman–Crippen LogP) is 2.02. The van der Waals surface area contributed by atoms with Gasteiger partial charge in [0.25, 0.3) is 15.9 Å². The zero-order valence-electron chi connectivity index (χ0n) is 13.0. The van der Waals surface area contributed by atoms with Crippen molar-refractivity contribution in [2.45, 2.75) is 11.8 Å². The van der Waals surface area contributed by atoms with Crippen molar-refractivity contribution in [2.24, 2.45) is 0 Å². The monoisotopic (exact) mass is 380 g/mol. The van der Waals surface area contributed by atoms with E-state index in [1.165, 1.54) is 24.5 Å². The standard InChI is InChI=1S/C15H13ClN4O4S/c1-2-20-13(15(22)19-12-8-17-7-11(16)18-12)14(21)9-5-3-4-6-10(9)25(20,23)24/h3-8,21H,2H2,1H3,(H,18,19,22). The maximum Gasteiger partial charge on any atom is 0.278 e. The highest BCUT2D eigenvalue weighted by atomic mass is 35.5. The van der Waals surface area contributed by atoms with Crippen LogP contribution in [0.2, 0.25) is 5.15 Å². The van der Waals surface area contributed by atoms with Crippen LogP contribution in [-0.2, 0) is 14.8 Å². The van der Waals surface area contributed by atoms with E-state index in [4.69, 9.17) is 11.6 Å². The van der Waals surface area contributed by atoms with Gasteiger partial charge >= 0.3 is 0 Å². The molecule has 0 fully saturated rings. The number of fused-ring (bicyclic) bond motifs is 1. The van der Waals surface area contributed by atoms with Gasteiger partial charge in [0.2, 0.25) is 0 Å². The number of amides is 1. The van der Waals surface area contributed by atoms with Crippen LogP contribution < -0.4 is 5.32 Å². The van der Waals surface area contributed by atoms with E-state index in [1.54, 1.807) is 19.1 Å². The minimum absolute atomic E-state index is 0.0325. The molecule has 10 heteroatoms. The largest absolute Gasteiger partial charge is 0.505 e. The van der Waals surface area contributed by atoms with Crippen molar-refractivity contribution in [1.82, 2.24) is 14.3 Å². The van der Waals surface area contributed by atoms with Crippen molar-refractivity contribution in [3.63, 3.8) is 0 Å². The van der Waals surface area contributed by atoms with Crippen LogP contribution in [-0.4, -0.2) is 40.2 Å². The predicted molar refractivity (Wildman–Crippen MR) is 91.2 cm³/mol. The summed E-state index contributed by atoms with van der Waals surface area (Å²) in [4.78, 5) is 20.2. The van der Waals surface area contributed by atoms with Crippen LogP contribution in [0.25, 0.3) is 5.76 Å². The molecular formula is C15H13ClN4O4S. The minimum Gasteiger partial charge on any atom is -0.505 e. The Bertz CT molecular complexity index is 991. The number of nitrogens with zero attached hydrogens (tertiary/aromatic N) is 3. The highest BCUT2D eigenvalue weighted by Crippen LogP contribution is 2.35. The Kier molecular flexibility index (Phi) is 4.36. The van der Waals surface area contributed by atoms with Crippen LogP contribution in [0.3, 0.4) is 0 Å². The van der Waals surface area contributed by atoms with E-state index in [0.29, 0.717) is 0 Å². The second-order valence-corrected chi connectivity index (χ2v) is 7.26. The van der Waals surface area contributed by atoms with Crippen LogP contribution in [0, 0.1) is 0 Å². The van der Waals surface area contributed by atoms with Crippen LogP contribution in [0.15, 0.2) is 47.3 Å². The van der Waals surface area contributed by atoms with E-state index in [0.717, 1.165) is 4.31 Å². The van der Waals surface area contributed by atoms with Crippen molar-refractivity contribution < 1.29 is 18.3 Å². The lowest BCUT2D eigenvalue weighted by Gasteiger charge is -2.30. The third kappa shape index (κ3) is 2.92. The molecule has 8 nitrogen and oxygen atoms in total. The summed E-state index contributed by atoms with van der Waals surface area (Å²) in [5.74, 6) is -1.24. The number of aliphatic hydroxyl groups is 1. The smallest absolute Gasteiger partial charge is 0.278 e. The summed E-state index contributed by atoms with van der Waals surface area (Å²) in [6, 6.07) is 5.93. The molecular weight excluding hydrogens is 368 g/mol. The number of likely N-dealkylation sites (N-methyl/N-ethyl adjacent to an activating group) is 1. The SMILES string of the molecule is CCN1C(C(=O)Nc2cncc(Cl)n2)=C(O)c2ccccc2S1(=O)=O. The van der Waals surface area contributed by atoms with Crippen molar-refractivity contribution in [2.75, 3.05) is 11.9 Å². The molecule has 2 N–H and O–H groups in total. The lowest BCUT2D eigenvalue weighted by atomic mass is 10.1. The first kappa shape index (κ1) is 17.2. The Morgan fingerprint density at radius 1 is 1.32 bits per heavy atom. The molecule has 2 aromatic rings. The van der Waals surface area contributed by atoms with Crippen molar-refractivity contribution in [1.29, 1.82) is 0 Å². The maximum atomic E-state index is 12.8. The van der Waals surface area contributed by atoms with Gasteiger partial charge in [0.05, 0.1) is 17.3 Å². The molecule has 0 radical (unpaired) electrons. The molecule has 1 aliphatic heterocycles. The van der Waals surface area contributed by atoms with Gasteiger partial charge in [0, 0.05) is 12.1 Å². The number of carbonyl (C=O) groups is 1. The van der Waals surface area contributed by atoms with E-state index in [9.17, 15) is 18.3 Å². The summed E-state index contributed by atoms with van der Waals surface area (Å²) >= 11 is 5.72. The van der Waals surface area contributed by atoms with Gasteiger partial charge in [-0.05, 0) is 19.1 Å². The molecule has 1 aliphatic rings. The molecule has 0 atom stereocenters. The lowest BCUT2D eigenvalue weighted by molar-refractivity contribution is -0.113. The van der Waals surface area contributed by atoms with E-state index >= 15 is 0 Å². The number of benzene rings is 1. The second-order valence-electron chi connectivity index (χ2n) is 5.04. The van der Waals surface area contributed by atoms with Crippen molar-refractivity contribution in [3.8, 4) is 0 Å². The van der Waals surface area contributed by atoms with Gasteiger partial charge in [0.15, 0.2) is 17.3 Å². The molecule has 3 rings (SSSR count). The molecule has 1 aromatic carbocycles. The number of sulfonamides is 1. The molecule has 25 heavy (non-hydrogen) atoms. The highest BCUT2D eigenvalue weighted by Gasteiger charge is 2.39. The minimum atomic E-state index is -3.97. The number of hydrogen-bond donors (Lipinski definition) is 2. The maximum absolute atomic E-state index is 12.8. The number of halogens is 1. The third-order valence-corrected chi connectivity index (χ3v) is 5.65. The number of carbonyl (C=O) groups excluding carboxylic acids is 1. The zero-order chi connectivity index (χ0) is 18.2. The van der Waals surface area contributed by atoms with Gasteiger partial charge in [0.1, 0.15) is 5.15 Å². The van der Waals surface area contributed by atoms with Crippen LogP contribution in [0.4, 0.5) is 5.82 Å². The summed E-state index contributed by atoms with van der Waals surface area (Å²) in [7, 11) is -3.97. The zero-order valence-corrected chi connectivity index (χ0v) is 14.5. The van der Waals surface area contributed by atoms with Gasteiger partial charge in [-0.3, -0.25) is 14.1 Å². The quantitative estimate of drug-likeness (QED) is 0.842. The first-order valence-corrected chi connectivity index (χ1v) is 9.02.